The predicted molar refractivity (Wildman–Crippen MR) is 289 cm³/mol. The number of hydrogen-bond donors (Lipinski definition) is 6. The van der Waals surface area contributed by atoms with Gasteiger partial charge in [-0.3, -0.25) is 32.7 Å². The van der Waals surface area contributed by atoms with Crippen molar-refractivity contribution in [3.8, 4) is 21.7 Å². The molecular formula is C52H67N9O13S3. The van der Waals surface area contributed by atoms with Gasteiger partial charge in [0.05, 0.1) is 79.3 Å². The van der Waals surface area contributed by atoms with E-state index in [1.54, 1.807) is 43.0 Å². The molecule has 0 aliphatic carbocycles. The van der Waals surface area contributed by atoms with Crippen LogP contribution in [0, 0.1) is 12.3 Å². The average Bonchev–Trinajstić information content (AvgIpc) is 4.25. The Kier molecular flexibility index (Phi) is 22.4. The van der Waals surface area contributed by atoms with Crippen molar-refractivity contribution in [2.45, 2.75) is 77.7 Å². The summed E-state index contributed by atoms with van der Waals surface area (Å²) in [6.07, 6.45) is 2.95. The summed E-state index contributed by atoms with van der Waals surface area (Å²) in [5, 5.41) is 26.4. The first-order valence-corrected chi connectivity index (χ1v) is 28.5. The Morgan fingerprint density at radius 1 is 0.844 bits per heavy atom. The molecule has 1 aliphatic rings. The summed E-state index contributed by atoms with van der Waals surface area (Å²) in [4.78, 5) is 90.5. The number of aliphatic hydroxyl groups excluding tert-OH is 1. The highest BCUT2D eigenvalue weighted by atomic mass is 32.2. The number of aryl methyl sites for hydroxylation is 1. The fourth-order valence-corrected chi connectivity index (χ4v) is 10.0. The summed E-state index contributed by atoms with van der Waals surface area (Å²) in [6.45, 7) is 8.20. The van der Waals surface area contributed by atoms with E-state index in [1.807, 2.05) is 61.5 Å². The number of benzene rings is 2. The number of likely N-dealkylation sites (tertiary alicyclic amines) is 1. The van der Waals surface area contributed by atoms with Gasteiger partial charge >= 0.3 is 0 Å². The molecule has 25 heteroatoms. The summed E-state index contributed by atoms with van der Waals surface area (Å²) in [7, 11) is -3.64. The third-order valence-corrected chi connectivity index (χ3v) is 14.7. The number of carbonyl (C=O) groups is 6. The van der Waals surface area contributed by atoms with Crippen molar-refractivity contribution >= 4 is 73.3 Å². The maximum Gasteiger partial charge on any atom is 0.253 e. The molecule has 22 nitrogen and oxygen atoms in total. The van der Waals surface area contributed by atoms with E-state index in [0.29, 0.717) is 17.2 Å². The molecule has 6 rings (SSSR count). The van der Waals surface area contributed by atoms with Crippen LogP contribution in [0.15, 0.2) is 83.9 Å². The first kappa shape index (κ1) is 59.8. The van der Waals surface area contributed by atoms with E-state index in [4.69, 9.17) is 18.9 Å². The fraction of sp³-hybridized carbons (Fsp3) is 0.462. The van der Waals surface area contributed by atoms with Gasteiger partial charge < -0.3 is 55.5 Å². The van der Waals surface area contributed by atoms with Gasteiger partial charge in [-0.25, -0.2) is 18.4 Å². The molecule has 416 valence electrons. The van der Waals surface area contributed by atoms with Gasteiger partial charge in [-0.1, -0.05) is 75.4 Å². The maximum absolute atomic E-state index is 13.9. The van der Waals surface area contributed by atoms with Gasteiger partial charge in [0.2, 0.25) is 33.7 Å². The molecule has 0 spiro atoms. The number of aromatic nitrogens is 3. The molecule has 1 fully saturated rings. The number of nitrogens with one attached hydrogen (secondary N) is 5. The SMILES string of the molecule is Cc1ncsc1-c1ccc(CNC(=O)[C@@H]2C[C@@H](O)CN2C(=O)[C@@H](NC(=O)COCCOCCOCCNC(=O)CCCOC[C@H](NC(=O)c2ccn(S(C)(=O)=O)c2)C(=O)Nc2nc(-c3ccccc3)cs2)C(C)(C)C)cc1. The molecule has 4 heterocycles. The lowest BCUT2D eigenvalue weighted by atomic mass is 9.85. The van der Waals surface area contributed by atoms with E-state index in [2.05, 4.69) is 36.6 Å². The van der Waals surface area contributed by atoms with Crippen molar-refractivity contribution in [3.05, 3.63) is 101 Å². The van der Waals surface area contributed by atoms with Crippen LogP contribution in [0.25, 0.3) is 21.7 Å². The van der Waals surface area contributed by atoms with Crippen molar-refractivity contribution in [1.82, 2.24) is 40.1 Å². The van der Waals surface area contributed by atoms with Gasteiger partial charge in [0.25, 0.3) is 11.8 Å². The minimum atomic E-state index is -3.64. The van der Waals surface area contributed by atoms with E-state index in [-0.39, 0.29) is 96.8 Å². The van der Waals surface area contributed by atoms with Gasteiger partial charge in [0.15, 0.2) is 5.13 Å². The Morgan fingerprint density at radius 3 is 2.23 bits per heavy atom. The van der Waals surface area contributed by atoms with Crippen molar-refractivity contribution in [2.24, 2.45) is 5.41 Å². The smallest absolute Gasteiger partial charge is 0.253 e. The molecule has 1 saturated heterocycles. The topological polar surface area (TPSA) is 288 Å². The predicted octanol–water partition coefficient (Wildman–Crippen LogP) is 3.36. The number of hydrogen-bond acceptors (Lipinski definition) is 17. The number of aliphatic hydroxyl groups is 1. The Hall–Kier alpha value is -6.45. The summed E-state index contributed by atoms with van der Waals surface area (Å²) in [6, 6.07) is 15.4. The summed E-state index contributed by atoms with van der Waals surface area (Å²) >= 11 is 2.76. The largest absolute Gasteiger partial charge is 0.391 e. The molecule has 77 heavy (non-hydrogen) atoms. The molecule has 4 atom stereocenters. The van der Waals surface area contributed by atoms with Crippen LogP contribution >= 0.6 is 22.7 Å². The molecule has 1 aliphatic heterocycles. The summed E-state index contributed by atoms with van der Waals surface area (Å²) in [5.41, 5.74) is 5.44. The molecule has 0 saturated carbocycles. The quantitative estimate of drug-likeness (QED) is 0.0375. The van der Waals surface area contributed by atoms with Crippen LogP contribution in [0.2, 0.25) is 0 Å². The van der Waals surface area contributed by atoms with Gasteiger partial charge in [-0.2, -0.15) is 0 Å². The zero-order valence-corrected chi connectivity index (χ0v) is 46.1. The molecular weight excluding hydrogens is 1050 g/mol. The monoisotopic (exact) mass is 1120 g/mol. The molecule has 6 N–H and O–H groups in total. The van der Waals surface area contributed by atoms with Crippen LogP contribution in [0.4, 0.5) is 5.13 Å². The van der Waals surface area contributed by atoms with Crippen molar-refractivity contribution in [2.75, 3.05) is 77.5 Å². The number of β-amino-alcohol motifs (C(OH)–C–C–N with tert-alkyl or cyclic N) is 1. The second-order valence-corrected chi connectivity index (χ2v) is 22.8. The number of carbonyl (C=O) groups excluding carboxylic acids is 6. The minimum absolute atomic E-state index is 0.0208. The Labute approximate surface area is 455 Å². The second-order valence-electron chi connectivity index (χ2n) is 19.2. The van der Waals surface area contributed by atoms with Crippen LogP contribution in [0.1, 0.15) is 61.6 Å². The Balaban J connectivity index is 0.818. The maximum atomic E-state index is 13.9. The zero-order chi connectivity index (χ0) is 55.5. The lowest BCUT2D eigenvalue weighted by Gasteiger charge is -2.35. The Morgan fingerprint density at radius 2 is 1.56 bits per heavy atom. The molecule has 2 aromatic carbocycles. The Bertz CT molecular complexity index is 2870. The first-order valence-electron chi connectivity index (χ1n) is 24.9. The van der Waals surface area contributed by atoms with Crippen LogP contribution < -0.4 is 26.6 Å². The lowest BCUT2D eigenvalue weighted by molar-refractivity contribution is -0.144. The number of anilines is 1. The second kappa shape index (κ2) is 28.8. The van der Waals surface area contributed by atoms with Crippen molar-refractivity contribution in [3.63, 3.8) is 0 Å². The number of nitrogens with zero attached hydrogens (tertiary/aromatic N) is 4. The number of ether oxygens (including phenoxy) is 4. The van der Waals surface area contributed by atoms with Crippen LogP contribution in [-0.4, -0.2) is 164 Å². The van der Waals surface area contributed by atoms with Crippen molar-refractivity contribution < 1.29 is 61.2 Å². The van der Waals surface area contributed by atoms with Crippen LogP contribution in [-0.2, 0) is 59.5 Å². The van der Waals surface area contributed by atoms with Gasteiger partial charge in [-0.05, 0) is 36.0 Å². The van der Waals surface area contributed by atoms with Crippen LogP contribution in [0.3, 0.4) is 0 Å². The first-order chi connectivity index (χ1) is 36.8. The third-order valence-electron chi connectivity index (χ3n) is 12.0. The average molecular weight is 1120 g/mol. The minimum Gasteiger partial charge on any atom is -0.391 e. The van der Waals surface area contributed by atoms with E-state index in [0.717, 1.165) is 43.7 Å². The molecule has 0 bridgehead atoms. The van der Waals surface area contributed by atoms with E-state index in [1.165, 1.54) is 28.5 Å². The van der Waals surface area contributed by atoms with Gasteiger partial charge in [0.1, 0.15) is 24.7 Å². The number of rotatable bonds is 29. The highest BCUT2D eigenvalue weighted by molar-refractivity contribution is 7.89. The normalized spacial score (nSPS) is 15.4. The standard InChI is InChI=1S/C52H67N9O13S3/c1-34-45(76-33-55-34)37-15-13-35(14-16-37)27-54-49(67)42-26-39(62)29-61(42)50(68)46(52(2,3)4)58-44(64)31-74-25-24-72-23-22-71-21-18-53-43(63)12-9-20-73-30-40(56-47(65)38-17-19-60(28-38)77(5,69)70)48(66)59-51-57-41(32-75-51)36-10-7-6-8-11-36/h6-8,10-11,13-17,19,28,32-33,39-40,42,46,62H,9,12,18,20-27,29-31H2,1-5H3,(H,53,63)(H,54,67)(H,56,65)(H,58,64)(H,57,59,66)/t39-,40+,42+,46-/m1/s1. The lowest BCUT2D eigenvalue weighted by Crippen LogP contribution is -2.58. The molecule has 6 amide bonds. The van der Waals surface area contributed by atoms with E-state index < -0.39 is 69.2 Å². The molecule has 5 aromatic rings. The summed E-state index contributed by atoms with van der Waals surface area (Å²) < 4.78 is 47.0. The van der Waals surface area contributed by atoms with E-state index in [9.17, 15) is 42.3 Å². The summed E-state index contributed by atoms with van der Waals surface area (Å²) in [5.74, 6) is -2.96. The number of thiazole rings is 2. The van der Waals surface area contributed by atoms with Crippen LogP contribution in [0.5, 0.6) is 0 Å². The zero-order valence-electron chi connectivity index (χ0n) is 43.7. The third kappa shape index (κ3) is 18.6. The molecule has 0 unspecified atom stereocenters. The van der Waals surface area contributed by atoms with Crippen molar-refractivity contribution in [1.29, 1.82) is 0 Å². The highest BCUT2D eigenvalue weighted by Gasteiger charge is 2.44. The van der Waals surface area contributed by atoms with Gasteiger partial charge in [0, 0.05) is 62.4 Å². The van der Waals surface area contributed by atoms with E-state index >= 15 is 0 Å². The van der Waals surface area contributed by atoms with Gasteiger partial charge in [-0.15, -0.1) is 22.7 Å². The fourth-order valence-electron chi connectivity index (χ4n) is 7.88. The molecule has 0 radical (unpaired) electrons. The molecule has 3 aromatic heterocycles. The number of amides is 6. The highest BCUT2D eigenvalue weighted by Crippen LogP contribution is 2.29.